The zero-order valence-electron chi connectivity index (χ0n) is 13.9. The van der Waals surface area contributed by atoms with Crippen LogP contribution in [0.2, 0.25) is 0 Å². The van der Waals surface area contributed by atoms with E-state index >= 15 is 0 Å². The van der Waals surface area contributed by atoms with Gasteiger partial charge in [-0.2, -0.15) is 0 Å². The Kier molecular flexibility index (Phi) is 3.65. The Balaban J connectivity index is 1.93. The van der Waals surface area contributed by atoms with Crippen LogP contribution in [0.4, 0.5) is 5.69 Å². The average molecular weight is 345 g/mol. The maximum atomic E-state index is 12.3. The second-order valence-electron chi connectivity index (χ2n) is 6.05. The highest BCUT2D eigenvalue weighted by Gasteiger charge is 2.17. The predicted molar refractivity (Wildman–Crippen MR) is 102 cm³/mol. The molecular formula is C20H15N3O3. The second-order valence-corrected chi connectivity index (χ2v) is 6.05. The van der Waals surface area contributed by atoms with E-state index < -0.39 is 17.1 Å². The molecule has 0 spiro atoms. The number of nitrogens with one attached hydrogen (secondary N) is 1. The van der Waals surface area contributed by atoms with Crippen LogP contribution >= 0.6 is 0 Å². The molecule has 0 amide bonds. The highest BCUT2D eigenvalue weighted by atomic mass is 16.3. The van der Waals surface area contributed by atoms with E-state index in [-0.39, 0.29) is 5.56 Å². The lowest BCUT2D eigenvalue weighted by molar-refractivity contribution is 0.429. The van der Waals surface area contributed by atoms with Gasteiger partial charge in [-0.1, -0.05) is 30.3 Å². The van der Waals surface area contributed by atoms with Gasteiger partial charge in [0.25, 0.3) is 5.56 Å². The zero-order valence-corrected chi connectivity index (χ0v) is 13.9. The number of aryl methyl sites for hydroxylation is 1. The number of rotatable bonds is 2. The van der Waals surface area contributed by atoms with E-state index in [9.17, 15) is 14.7 Å². The summed E-state index contributed by atoms with van der Waals surface area (Å²) < 4.78 is 1.08. The van der Waals surface area contributed by atoms with Crippen LogP contribution in [0.3, 0.4) is 0 Å². The van der Waals surface area contributed by atoms with Crippen molar-refractivity contribution in [3.05, 3.63) is 86.1 Å². The summed E-state index contributed by atoms with van der Waals surface area (Å²) in [4.78, 5) is 31.1. The summed E-state index contributed by atoms with van der Waals surface area (Å²) in [7, 11) is 0. The number of aliphatic imine (C=N–C) groups is 1. The summed E-state index contributed by atoms with van der Waals surface area (Å²) in [6, 6.07) is 14.6. The molecule has 26 heavy (non-hydrogen) atoms. The number of aromatic amines is 1. The molecule has 0 atom stereocenters. The molecule has 0 saturated carbocycles. The van der Waals surface area contributed by atoms with E-state index in [4.69, 9.17) is 0 Å². The summed E-state index contributed by atoms with van der Waals surface area (Å²) in [6.07, 6.45) is 3.17. The molecule has 0 fully saturated rings. The molecule has 2 N–H and O–H groups in total. The van der Waals surface area contributed by atoms with Crippen molar-refractivity contribution in [1.82, 2.24) is 9.55 Å². The topological polar surface area (TPSA) is 87.4 Å². The van der Waals surface area contributed by atoms with Gasteiger partial charge in [-0.25, -0.2) is 9.36 Å². The van der Waals surface area contributed by atoms with E-state index in [2.05, 4.69) is 9.98 Å². The zero-order chi connectivity index (χ0) is 18.3. The average Bonchev–Trinajstić information content (AvgIpc) is 3.01. The standard InChI is InChI=1S/C20H15N3O3/c1-12-5-4-6-14(9-12)23-19(25)16(18(24)22-20(23)26)10-13-11-21-17-8-3-2-7-15(13)17/h2-11,25H,1H3,(H,22,24,26)/b13-10-. The number of aromatic hydroxyl groups is 1. The SMILES string of the molecule is Cc1cccc(-n2c(O)c(/C=C3/C=Nc4ccccc43)c(=O)[nH]c2=O)c1. The van der Waals surface area contributed by atoms with Crippen molar-refractivity contribution in [2.45, 2.75) is 6.92 Å². The quantitative estimate of drug-likeness (QED) is 0.749. The van der Waals surface area contributed by atoms with Crippen LogP contribution in [-0.2, 0) is 0 Å². The predicted octanol–water partition coefficient (Wildman–Crippen LogP) is 2.80. The molecule has 128 valence electrons. The molecule has 1 aliphatic rings. The Morgan fingerprint density at radius 2 is 1.92 bits per heavy atom. The molecule has 0 bridgehead atoms. The van der Waals surface area contributed by atoms with Crippen molar-refractivity contribution in [2.24, 2.45) is 4.99 Å². The summed E-state index contributed by atoms with van der Waals surface area (Å²) in [5.74, 6) is -0.408. The first-order chi connectivity index (χ1) is 12.5. The molecule has 1 aromatic heterocycles. The van der Waals surface area contributed by atoms with Crippen LogP contribution in [0.25, 0.3) is 17.3 Å². The third kappa shape index (κ3) is 2.57. The van der Waals surface area contributed by atoms with Crippen molar-refractivity contribution in [2.75, 3.05) is 0 Å². The van der Waals surface area contributed by atoms with Gasteiger partial charge in [0.1, 0.15) is 5.56 Å². The maximum absolute atomic E-state index is 12.3. The molecule has 4 rings (SSSR count). The van der Waals surface area contributed by atoms with Crippen molar-refractivity contribution in [3.8, 4) is 11.6 Å². The lowest BCUT2D eigenvalue weighted by Crippen LogP contribution is -2.30. The molecule has 6 heteroatoms. The third-order valence-electron chi connectivity index (χ3n) is 4.24. The summed E-state index contributed by atoms with van der Waals surface area (Å²) in [5, 5.41) is 10.7. The van der Waals surface area contributed by atoms with Crippen molar-refractivity contribution in [1.29, 1.82) is 0 Å². The van der Waals surface area contributed by atoms with E-state index in [1.807, 2.05) is 37.3 Å². The minimum absolute atomic E-state index is 0.00394. The van der Waals surface area contributed by atoms with Crippen LogP contribution in [0.15, 0.2) is 63.1 Å². The van der Waals surface area contributed by atoms with E-state index in [0.29, 0.717) is 11.3 Å². The minimum atomic E-state index is -0.694. The third-order valence-corrected chi connectivity index (χ3v) is 4.24. The molecule has 0 aliphatic carbocycles. The van der Waals surface area contributed by atoms with Gasteiger partial charge in [-0.05, 0) is 36.8 Å². The van der Waals surface area contributed by atoms with Crippen LogP contribution in [0.5, 0.6) is 5.88 Å². The Hall–Kier alpha value is -3.67. The van der Waals surface area contributed by atoms with Gasteiger partial charge in [0.15, 0.2) is 0 Å². The van der Waals surface area contributed by atoms with Gasteiger partial charge in [-0.15, -0.1) is 0 Å². The minimum Gasteiger partial charge on any atom is -0.494 e. The number of hydrogen-bond donors (Lipinski definition) is 2. The number of aromatic nitrogens is 2. The molecular weight excluding hydrogens is 330 g/mol. The number of nitrogens with zero attached hydrogens (tertiary/aromatic N) is 2. The molecule has 0 radical (unpaired) electrons. The van der Waals surface area contributed by atoms with E-state index in [0.717, 1.165) is 21.4 Å². The first-order valence-electron chi connectivity index (χ1n) is 8.05. The van der Waals surface area contributed by atoms with Gasteiger partial charge in [0.2, 0.25) is 5.88 Å². The van der Waals surface area contributed by atoms with E-state index in [1.54, 1.807) is 24.4 Å². The van der Waals surface area contributed by atoms with Gasteiger partial charge in [-0.3, -0.25) is 14.8 Å². The Morgan fingerprint density at radius 1 is 1.12 bits per heavy atom. The summed E-state index contributed by atoms with van der Waals surface area (Å²) in [6.45, 7) is 1.88. The number of allylic oxidation sites excluding steroid dienone is 1. The van der Waals surface area contributed by atoms with Gasteiger partial charge in [0.05, 0.1) is 11.4 Å². The molecule has 6 nitrogen and oxygen atoms in total. The number of benzene rings is 2. The molecule has 2 heterocycles. The molecule has 1 aliphatic heterocycles. The number of hydrogen-bond acceptors (Lipinski definition) is 4. The first-order valence-corrected chi connectivity index (χ1v) is 8.05. The molecule has 0 unspecified atom stereocenters. The van der Waals surface area contributed by atoms with Crippen molar-refractivity contribution in [3.63, 3.8) is 0 Å². The molecule has 3 aromatic rings. The smallest absolute Gasteiger partial charge is 0.335 e. The maximum Gasteiger partial charge on any atom is 0.335 e. The summed E-state index contributed by atoms with van der Waals surface area (Å²) in [5.41, 5.74) is 2.41. The lowest BCUT2D eigenvalue weighted by Gasteiger charge is -2.10. The first kappa shape index (κ1) is 15.8. The highest BCUT2D eigenvalue weighted by molar-refractivity contribution is 6.21. The van der Waals surface area contributed by atoms with Crippen LogP contribution in [0.1, 0.15) is 16.7 Å². The van der Waals surface area contributed by atoms with Crippen LogP contribution in [0, 0.1) is 6.92 Å². The van der Waals surface area contributed by atoms with Crippen molar-refractivity contribution < 1.29 is 5.11 Å². The molecule has 0 saturated heterocycles. The normalized spacial score (nSPS) is 14.0. The van der Waals surface area contributed by atoms with Gasteiger partial charge in [0, 0.05) is 17.4 Å². The van der Waals surface area contributed by atoms with Crippen molar-refractivity contribution >= 4 is 23.6 Å². The fourth-order valence-electron chi connectivity index (χ4n) is 2.98. The number of para-hydroxylation sites is 1. The number of H-pyrrole nitrogens is 1. The summed E-state index contributed by atoms with van der Waals surface area (Å²) >= 11 is 0. The van der Waals surface area contributed by atoms with Gasteiger partial charge >= 0.3 is 5.69 Å². The Labute approximate surface area is 148 Å². The highest BCUT2D eigenvalue weighted by Crippen LogP contribution is 2.32. The number of fused-ring (bicyclic) bond motifs is 1. The Morgan fingerprint density at radius 3 is 2.73 bits per heavy atom. The fourth-order valence-corrected chi connectivity index (χ4v) is 2.98. The van der Waals surface area contributed by atoms with Gasteiger partial charge < -0.3 is 5.11 Å². The Bertz CT molecular complexity index is 1200. The van der Waals surface area contributed by atoms with Crippen LogP contribution in [-0.4, -0.2) is 20.9 Å². The van der Waals surface area contributed by atoms with E-state index in [1.165, 1.54) is 6.08 Å². The lowest BCUT2D eigenvalue weighted by atomic mass is 10.1. The fraction of sp³-hybridized carbons (Fsp3) is 0.0500. The second kappa shape index (κ2) is 6.00. The largest absolute Gasteiger partial charge is 0.494 e. The molecule has 2 aromatic carbocycles. The monoisotopic (exact) mass is 345 g/mol. The van der Waals surface area contributed by atoms with Crippen LogP contribution < -0.4 is 11.2 Å².